The van der Waals surface area contributed by atoms with Gasteiger partial charge in [-0.15, -0.1) is 0 Å². The molecule has 0 aromatic rings. The lowest BCUT2D eigenvalue weighted by molar-refractivity contribution is -0.265. The molecule has 8 atom stereocenters. The number of rotatable bonds is 14. The van der Waals surface area contributed by atoms with Gasteiger partial charge >= 0.3 is 12.1 Å². The Kier molecular flexibility index (Phi) is 13.4. The molecule has 9 N–H and O–H groups in total. The zero-order valence-corrected chi connectivity index (χ0v) is 21.7. The van der Waals surface area contributed by atoms with Crippen molar-refractivity contribution in [3.63, 3.8) is 0 Å². The normalized spacial score (nSPS) is 25.5. The summed E-state index contributed by atoms with van der Waals surface area (Å²) < 4.78 is 15.7. The van der Waals surface area contributed by atoms with Crippen LogP contribution < -0.4 is 21.7 Å². The van der Waals surface area contributed by atoms with Crippen LogP contribution in [-0.2, 0) is 33.4 Å². The molecule has 1 rings (SSSR count). The van der Waals surface area contributed by atoms with Crippen molar-refractivity contribution in [2.75, 3.05) is 13.2 Å². The molecule has 218 valence electrons. The molecule has 0 bridgehead atoms. The van der Waals surface area contributed by atoms with E-state index in [1.807, 2.05) is 0 Å². The van der Waals surface area contributed by atoms with Crippen LogP contribution in [0.1, 0.15) is 40.5 Å². The number of hydrogen-bond acceptors (Lipinski definition) is 11. The third-order valence-corrected chi connectivity index (χ3v) is 5.49. The molecule has 1 heterocycles. The lowest BCUT2D eigenvalue weighted by atomic mass is 9.96. The van der Waals surface area contributed by atoms with Gasteiger partial charge in [0.05, 0.1) is 13.2 Å². The molecule has 1 aliphatic rings. The predicted octanol–water partition coefficient (Wildman–Crippen LogP) is -3.08. The van der Waals surface area contributed by atoms with Crippen LogP contribution in [0.2, 0.25) is 0 Å². The van der Waals surface area contributed by atoms with Crippen LogP contribution >= 0.6 is 0 Å². The summed E-state index contributed by atoms with van der Waals surface area (Å²) in [7, 11) is 0. The molecule has 38 heavy (non-hydrogen) atoms. The van der Waals surface area contributed by atoms with Crippen molar-refractivity contribution in [2.24, 2.45) is 11.7 Å². The van der Waals surface area contributed by atoms with E-state index in [2.05, 4.69) is 16.0 Å². The zero-order chi connectivity index (χ0) is 29.2. The summed E-state index contributed by atoms with van der Waals surface area (Å²) in [5, 5.41) is 46.1. The highest BCUT2D eigenvalue weighted by Gasteiger charge is 2.47. The van der Waals surface area contributed by atoms with E-state index in [-0.39, 0.29) is 18.9 Å². The van der Waals surface area contributed by atoms with Crippen LogP contribution in [-0.4, -0.2) is 112 Å². The number of amides is 4. The Morgan fingerprint density at radius 2 is 1.66 bits per heavy atom. The van der Waals surface area contributed by atoms with Gasteiger partial charge in [0.1, 0.15) is 42.5 Å². The molecule has 0 spiro atoms. The van der Waals surface area contributed by atoms with Crippen LogP contribution in [0.5, 0.6) is 0 Å². The van der Waals surface area contributed by atoms with E-state index < -0.39 is 91.6 Å². The molecular weight excluding hydrogens is 512 g/mol. The number of aliphatic hydroxyl groups excluding tert-OH is 3. The molecule has 0 radical (unpaired) electrons. The minimum atomic E-state index is -1.73. The van der Waals surface area contributed by atoms with Crippen molar-refractivity contribution in [2.45, 2.75) is 89.4 Å². The number of hydrogen-bond donors (Lipinski definition) is 8. The molecule has 16 nitrogen and oxygen atoms in total. The fourth-order valence-electron chi connectivity index (χ4n) is 3.36. The summed E-state index contributed by atoms with van der Waals surface area (Å²) in [4.78, 5) is 59.5. The molecule has 0 aromatic heterocycles. The molecule has 0 aromatic carbocycles. The Bertz CT molecular complexity index is 841. The summed E-state index contributed by atoms with van der Waals surface area (Å²) in [6.45, 7) is 5.53. The molecule has 1 saturated heterocycles. The molecule has 0 aliphatic carbocycles. The van der Waals surface area contributed by atoms with Gasteiger partial charge in [0.25, 0.3) is 0 Å². The molecule has 16 heteroatoms. The fraction of sp³-hybridized carbons (Fsp3) is 0.773. The van der Waals surface area contributed by atoms with Crippen LogP contribution in [0, 0.1) is 5.92 Å². The maximum atomic E-state index is 12.7. The van der Waals surface area contributed by atoms with E-state index in [0.717, 1.165) is 0 Å². The number of aliphatic hydroxyl groups is 3. The summed E-state index contributed by atoms with van der Waals surface area (Å²) in [5.41, 5.74) is 5.19. The lowest BCUT2D eigenvalue weighted by Gasteiger charge is -2.43. The van der Waals surface area contributed by atoms with Gasteiger partial charge in [0, 0.05) is 6.42 Å². The molecule has 1 aliphatic heterocycles. The van der Waals surface area contributed by atoms with Gasteiger partial charge in [0.15, 0.2) is 6.29 Å². The molecule has 1 unspecified atom stereocenters. The van der Waals surface area contributed by atoms with Gasteiger partial charge in [-0.05, 0) is 26.2 Å². The van der Waals surface area contributed by atoms with Crippen LogP contribution in [0.15, 0.2) is 0 Å². The van der Waals surface area contributed by atoms with Gasteiger partial charge in [0.2, 0.25) is 17.7 Å². The lowest BCUT2D eigenvalue weighted by Crippen LogP contribution is -2.66. The van der Waals surface area contributed by atoms with Crippen molar-refractivity contribution in [3.8, 4) is 0 Å². The molecule has 1 fully saturated rings. The number of nitrogens with two attached hydrogens (primary N) is 1. The second kappa shape index (κ2) is 15.4. The zero-order valence-electron chi connectivity index (χ0n) is 21.7. The van der Waals surface area contributed by atoms with Gasteiger partial charge in [-0.2, -0.15) is 0 Å². The number of carboxylic acids is 1. The number of carboxylic acid groups (broad SMARTS) is 1. The van der Waals surface area contributed by atoms with E-state index in [9.17, 15) is 39.3 Å². The standard InChI is InChI=1S/C22H38N4O12/c1-9(2)8-36-22(35)26-15-17(16(30)13(7-27)38-21(15)34)37-11(4)20(33)24-10(3)19(32)25-12(18(23)31)5-6-14(28)29/h9-13,15-17,21,27,30,34H,5-8H2,1-4H3,(H2,23,31)(H,24,33)(H,25,32)(H,26,35)(H,28,29)/t10-,11+,12+,13+,15+,16+,17+,21?/m0/s1. The van der Waals surface area contributed by atoms with E-state index in [1.165, 1.54) is 13.8 Å². The Labute approximate surface area is 219 Å². The van der Waals surface area contributed by atoms with E-state index in [1.54, 1.807) is 13.8 Å². The summed E-state index contributed by atoms with van der Waals surface area (Å²) in [6.07, 6.45) is -9.02. The number of aliphatic carboxylic acids is 1. The van der Waals surface area contributed by atoms with E-state index in [4.69, 9.17) is 25.1 Å². The maximum Gasteiger partial charge on any atom is 0.407 e. The first kappa shape index (κ1) is 33.0. The van der Waals surface area contributed by atoms with Gasteiger partial charge < -0.3 is 56.3 Å². The smallest absolute Gasteiger partial charge is 0.407 e. The van der Waals surface area contributed by atoms with Crippen LogP contribution in [0.3, 0.4) is 0 Å². The topological polar surface area (TPSA) is 256 Å². The minimum Gasteiger partial charge on any atom is -0.481 e. The first-order valence-corrected chi connectivity index (χ1v) is 12.0. The largest absolute Gasteiger partial charge is 0.481 e. The SMILES string of the molecule is CC(C)COC(=O)N[C@H]1C(O)O[C@H](CO)[C@@H](O)[C@@H]1O[C@H](C)C(=O)N[C@@H](C)C(=O)N[C@H](CCC(=O)O)C(N)=O. The second-order valence-corrected chi connectivity index (χ2v) is 9.27. The first-order chi connectivity index (χ1) is 17.7. The highest BCUT2D eigenvalue weighted by molar-refractivity contribution is 5.92. The highest BCUT2D eigenvalue weighted by Crippen LogP contribution is 2.24. The maximum absolute atomic E-state index is 12.7. The number of nitrogens with one attached hydrogen (secondary N) is 3. The van der Waals surface area contributed by atoms with Gasteiger partial charge in [-0.25, -0.2) is 4.79 Å². The summed E-state index contributed by atoms with van der Waals surface area (Å²) in [6, 6.07) is -3.88. The van der Waals surface area contributed by atoms with Crippen molar-refractivity contribution in [3.05, 3.63) is 0 Å². The molecular formula is C22H38N4O12. The number of carbonyl (C=O) groups excluding carboxylic acids is 4. The second-order valence-electron chi connectivity index (χ2n) is 9.27. The van der Waals surface area contributed by atoms with E-state index >= 15 is 0 Å². The Morgan fingerprint density at radius 1 is 1.03 bits per heavy atom. The highest BCUT2D eigenvalue weighted by atomic mass is 16.6. The number of primary amides is 1. The van der Waals surface area contributed by atoms with Gasteiger partial charge in [-0.3, -0.25) is 19.2 Å². The van der Waals surface area contributed by atoms with Crippen molar-refractivity contribution >= 4 is 29.8 Å². The summed E-state index contributed by atoms with van der Waals surface area (Å²) >= 11 is 0. The van der Waals surface area contributed by atoms with Crippen molar-refractivity contribution in [1.29, 1.82) is 0 Å². The minimum absolute atomic E-state index is 0.0167. The number of ether oxygens (including phenoxy) is 3. The fourth-order valence-corrected chi connectivity index (χ4v) is 3.36. The van der Waals surface area contributed by atoms with Crippen LogP contribution in [0.25, 0.3) is 0 Å². The Hall–Kier alpha value is -3.05. The Balaban J connectivity index is 2.86. The first-order valence-electron chi connectivity index (χ1n) is 12.0. The number of carbonyl (C=O) groups is 5. The average molecular weight is 551 g/mol. The number of alkyl carbamates (subject to hydrolysis) is 1. The summed E-state index contributed by atoms with van der Waals surface area (Å²) in [5.74, 6) is -3.80. The third-order valence-electron chi connectivity index (χ3n) is 5.49. The van der Waals surface area contributed by atoms with Crippen molar-refractivity contribution in [1.82, 2.24) is 16.0 Å². The van der Waals surface area contributed by atoms with Gasteiger partial charge in [-0.1, -0.05) is 13.8 Å². The van der Waals surface area contributed by atoms with Crippen molar-refractivity contribution < 1.29 is 58.6 Å². The quantitative estimate of drug-likeness (QED) is 0.107. The molecule has 0 saturated carbocycles. The van der Waals surface area contributed by atoms with E-state index in [0.29, 0.717) is 0 Å². The van der Waals surface area contributed by atoms with Crippen LogP contribution in [0.4, 0.5) is 4.79 Å². The third kappa shape index (κ3) is 10.4. The molecule has 4 amide bonds. The average Bonchev–Trinajstić information content (AvgIpc) is 2.83. The monoisotopic (exact) mass is 550 g/mol. The Morgan fingerprint density at radius 3 is 2.18 bits per heavy atom. The predicted molar refractivity (Wildman–Crippen MR) is 127 cm³/mol.